The molecule has 1 fully saturated rings. The third-order valence-electron chi connectivity index (χ3n) is 4.47. The van der Waals surface area contributed by atoms with E-state index in [0.717, 1.165) is 6.54 Å². The molecule has 118 valence electrons. The summed E-state index contributed by atoms with van der Waals surface area (Å²) in [5.74, 6) is 1.31. The largest absolute Gasteiger partial charge is 0.311 e. The molecule has 0 amide bonds. The zero-order chi connectivity index (χ0) is 14.9. The first-order valence-electron chi connectivity index (χ1n) is 8.36. The predicted octanol–water partition coefficient (Wildman–Crippen LogP) is 3.94. The molecule has 1 N–H and O–H groups in total. The van der Waals surface area contributed by atoms with E-state index in [4.69, 9.17) is 0 Å². The van der Waals surface area contributed by atoms with Crippen molar-refractivity contribution in [3.63, 3.8) is 0 Å². The standard InChI is InChI=1S/C18H30N2S/c1-3-17-15-20(12-8-5-9-13-21-2)18(14-19-17)16-10-6-4-7-11-16/h4,6-7,10-11,17-19H,3,5,8-9,12-15H2,1-2H3. The molecule has 1 aromatic carbocycles. The van der Waals surface area contributed by atoms with Crippen molar-refractivity contribution in [3.05, 3.63) is 35.9 Å². The SMILES string of the molecule is CCC1CN(CCCCCSC)C(c2ccccc2)CN1. The predicted molar refractivity (Wildman–Crippen MR) is 95.1 cm³/mol. The van der Waals surface area contributed by atoms with Gasteiger partial charge in [0.25, 0.3) is 0 Å². The van der Waals surface area contributed by atoms with E-state index >= 15 is 0 Å². The Morgan fingerprint density at radius 1 is 1.19 bits per heavy atom. The first kappa shape index (κ1) is 16.9. The van der Waals surface area contributed by atoms with E-state index in [9.17, 15) is 0 Å². The van der Waals surface area contributed by atoms with Gasteiger partial charge in [0, 0.05) is 25.2 Å². The highest BCUT2D eigenvalue weighted by Gasteiger charge is 2.27. The maximum atomic E-state index is 3.71. The van der Waals surface area contributed by atoms with E-state index in [1.54, 1.807) is 0 Å². The average Bonchev–Trinajstić information content (AvgIpc) is 2.55. The summed E-state index contributed by atoms with van der Waals surface area (Å²) in [7, 11) is 0. The van der Waals surface area contributed by atoms with Gasteiger partial charge in [0.05, 0.1) is 0 Å². The average molecular weight is 307 g/mol. The van der Waals surface area contributed by atoms with Crippen LogP contribution in [0.25, 0.3) is 0 Å². The second-order valence-electron chi connectivity index (χ2n) is 5.99. The summed E-state index contributed by atoms with van der Waals surface area (Å²) < 4.78 is 0. The quantitative estimate of drug-likeness (QED) is 0.732. The lowest BCUT2D eigenvalue weighted by Crippen LogP contribution is -2.52. The lowest BCUT2D eigenvalue weighted by molar-refractivity contribution is 0.126. The van der Waals surface area contributed by atoms with Gasteiger partial charge in [-0.25, -0.2) is 0 Å². The van der Waals surface area contributed by atoms with Crippen LogP contribution in [-0.4, -0.2) is 42.6 Å². The highest BCUT2D eigenvalue weighted by Crippen LogP contribution is 2.24. The highest BCUT2D eigenvalue weighted by molar-refractivity contribution is 7.98. The molecule has 0 spiro atoms. The molecule has 1 aromatic rings. The van der Waals surface area contributed by atoms with E-state index in [1.165, 1.54) is 50.1 Å². The summed E-state index contributed by atoms with van der Waals surface area (Å²) >= 11 is 1.97. The molecular weight excluding hydrogens is 276 g/mol. The molecule has 2 unspecified atom stereocenters. The van der Waals surface area contributed by atoms with Crippen LogP contribution in [0, 0.1) is 0 Å². The molecule has 2 rings (SSSR count). The van der Waals surface area contributed by atoms with E-state index < -0.39 is 0 Å². The third kappa shape index (κ3) is 5.32. The Bertz CT molecular complexity index is 382. The lowest BCUT2D eigenvalue weighted by Gasteiger charge is -2.40. The lowest BCUT2D eigenvalue weighted by atomic mass is 9.99. The number of hydrogen-bond donors (Lipinski definition) is 1. The number of nitrogens with one attached hydrogen (secondary N) is 1. The van der Waals surface area contributed by atoms with Gasteiger partial charge in [-0.2, -0.15) is 11.8 Å². The van der Waals surface area contributed by atoms with Crippen LogP contribution in [0.2, 0.25) is 0 Å². The molecular formula is C18H30N2S. The number of rotatable bonds is 8. The number of unbranched alkanes of at least 4 members (excludes halogenated alkanes) is 2. The molecule has 0 saturated carbocycles. The normalized spacial score (nSPS) is 23.3. The van der Waals surface area contributed by atoms with Crippen LogP contribution in [0.5, 0.6) is 0 Å². The molecule has 21 heavy (non-hydrogen) atoms. The monoisotopic (exact) mass is 306 g/mol. The van der Waals surface area contributed by atoms with Crippen molar-refractivity contribution in [1.29, 1.82) is 0 Å². The number of hydrogen-bond acceptors (Lipinski definition) is 3. The van der Waals surface area contributed by atoms with E-state index in [2.05, 4.69) is 53.7 Å². The van der Waals surface area contributed by atoms with Crippen LogP contribution in [0.3, 0.4) is 0 Å². The first-order valence-corrected chi connectivity index (χ1v) is 9.75. The molecule has 1 saturated heterocycles. The fourth-order valence-electron chi connectivity index (χ4n) is 3.14. The Balaban J connectivity index is 1.90. The molecule has 0 radical (unpaired) electrons. The van der Waals surface area contributed by atoms with Crippen molar-refractivity contribution in [3.8, 4) is 0 Å². The fraction of sp³-hybridized carbons (Fsp3) is 0.667. The van der Waals surface area contributed by atoms with Crippen molar-refractivity contribution in [2.75, 3.05) is 31.6 Å². The maximum Gasteiger partial charge on any atom is 0.0473 e. The molecule has 2 nitrogen and oxygen atoms in total. The Labute approximate surface area is 134 Å². The van der Waals surface area contributed by atoms with Crippen molar-refractivity contribution in [2.45, 2.75) is 44.7 Å². The van der Waals surface area contributed by atoms with E-state index in [-0.39, 0.29) is 0 Å². The second-order valence-corrected chi connectivity index (χ2v) is 6.97. The molecule has 1 aliphatic rings. The molecule has 1 heterocycles. The fourth-order valence-corrected chi connectivity index (χ4v) is 3.64. The zero-order valence-electron chi connectivity index (χ0n) is 13.6. The van der Waals surface area contributed by atoms with Crippen molar-refractivity contribution in [2.24, 2.45) is 0 Å². The Morgan fingerprint density at radius 2 is 2.00 bits per heavy atom. The number of nitrogens with zero attached hydrogens (tertiary/aromatic N) is 1. The van der Waals surface area contributed by atoms with Gasteiger partial charge in [-0.15, -0.1) is 0 Å². The summed E-state index contributed by atoms with van der Waals surface area (Å²) in [6.45, 7) is 5.81. The van der Waals surface area contributed by atoms with Gasteiger partial charge in [0.15, 0.2) is 0 Å². The van der Waals surface area contributed by atoms with Crippen LogP contribution in [-0.2, 0) is 0 Å². The minimum Gasteiger partial charge on any atom is -0.311 e. The van der Waals surface area contributed by atoms with Gasteiger partial charge in [0.1, 0.15) is 0 Å². The summed E-state index contributed by atoms with van der Waals surface area (Å²) in [6, 6.07) is 12.2. The Kier molecular flexibility index (Phi) is 7.62. The van der Waals surface area contributed by atoms with Gasteiger partial charge in [-0.3, -0.25) is 4.90 Å². The number of thioether (sulfide) groups is 1. The van der Waals surface area contributed by atoms with Crippen molar-refractivity contribution >= 4 is 11.8 Å². The summed E-state index contributed by atoms with van der Waals surface area (Å²) in [5, 5.41) is 3.71. The van der Waals surface area contributed by atoms with Gasteiger partial charge >= 0.3 is 0 Å². The van der Waals surface area contributed by atoms with Crippen LogP contribution in [0.1, 0.15) is 44.2 Å². The summed E-state index contributed by atoms with van der Waals surface area (Å²) in [6.07, 6.45) is 7.49. The van der Waals surface area contributed by atoms with Crippen LogP contribution in [0.4, 0.5) is 0 Å². The molecule has 2 atom stereocenters. The summed E-state index contributed by atoms with van der Waals surface area (Å²) in [4.78, 5) is 2.71. The van der Waals surface area contributed by atoms with Gasteiger partial charge in [0.2, 0.25) is 0 Å². The van der Waals surface area contributed by atoms with Gasteiger partial charge < -0.3 is 5.32 Å². The minimum atomic E-state index is 0.551. The first-order chi connectivity index (χ1) is 10.3. The third-order valence-corrected chi connectivity index (χ3v) is 5.16. The number of piperazine rings is 1. The molecule has 0 aliphatic carbocycles. The van der Waals surface area contributed by atoms with Crippen molar-refractivity contribution in [1.82, 2.24) is 10.2 Å². The van der Waals surface area contributed by atoms with Crippen LogP contribution < -0.4 is 5.32 Å². The molecule has 3 heteroatoms. The smallest absolute Gasteiger partial charge is 0.0473 e. The maximum absolute atomic E-state index is 3.71. The Hall–Kier alpha value is -0.510. The minimum absolute atomic E-state index is 0.551. The van der Waals surface area contributed by atoms with Crippen LogP contribution >= 0.6 is 11.8 Å². The topological polar surface area (TPSA) is 15.3 Å². The Morgan fingerprint density at radius 3 is 2.71 bits per heavy atom. The highest BCUT2D eigenvalue weighted by atomic mass is 32.2. The van der Waals surface area contributed by atoms with Gasteiger partial charge in [-0.05, 0) is 43.4 Å². The molecule has 0 aromatic heterocycles. The molecule has 1 aliphatic heterocycles. The van der Waals surface area contributed by atoms with Gasteiger partial charge in [-0.1, -0.05) is 43.7 Å². The zero-order valence-corrected chi connectivity index (χ0v) is 14.4. The second kappa shape index (κ2) is 9.50. The molecule has 0 bridgehead atoms. The van der Waals surface area contributed by atoms with E-state index in [1.807, 2.05) is 11.8 Å². The van der Waals surface area contributed by atoms with E-state index in [0.29, 0.717) is 12.1 Å². The summed E-state index contributed by atoms with van der Waals surface area (Å²) in [5.41, 5.74) is 1.46. The number of benzene rings is 1. The van der Waals surface area contributed by atoms with Crippen LogP contribution in [0.15, 0.2) is 30.3 Å². The van der Waals surface area contributed by atoms with Crippen molar-refractivity contribution < 1.29 is 0 Å².